The summed E-state index contributed by atoms with van der Waals surface area (Å²) in [5.41, 5.74) is 0.453. The van der Waals surface area contributed by atoms with Crippen molar-refractivity contribution in [3.05, 3.63) is 35.9 Å². The van der Waals surface area contributed by atoms with Crippen LogP contribution in [0.15, 0.2) is 30.3 Å². The van der Waals surface area contributed by atoms with Crippen LogP contribution in [-0.2, 0) is 16.1 Å². The van der Waals surface area contributed by atoms with Gasteiger partial charge in [0, 0.05) is 6.54 Å². The van der Waals surface area contributed by atoms with E-state index in [1.165, 1.54) is 0 Å². The maximum absolute atomic E-state index is 11.5. The fraction of sp³-hybridized carbons (Fsp3) is 0.429. The lowest BCUT2D eigenvalue weighted by molar-refractivity contribution is -0.153. The molecule has 2 amide bonds. The molecule has 0 bridgehead atoms. The quantitative estimate of drug-likeness (QED) is 0.815. The van der Waals surface area contributed by atoms with Gasteiger partial charge in [0.1, 0.15) is 12.1 Å². The Kier molecular flexibility index (Phi) is 5.36. The van der Waals surface area contributed by atoms with Crippen molar-refractivity contribution in [1.29, 1.82) is 0 Å². The van der Waals surface area contributed by atoms with Crippen LogP contribution >= 0.6 is 0 Å². The highest BCUT2D eigenvalue weighted by Gasteiger charge is 2.16. The Morgan fingerprint density at radius 1 is 1.11 bits per heavy atom. The zero-order valence-electron chi connectivity index (χ0n) is 11.5. The average molecular weight is 264 g/mol. The van der Waals surface area contributed by atoms with Crippen LogP contribution in [0.25, 0.3) is 0 Å². The molecule has 0 aliphatic rings. The minimum absolute atomic E-state index is 0.141. The minimum atomic E-state index is -0.542. The summed E-state index contributed by atoms with van der Waals surface area (Å²) in [7, 11) is 0. The smallest absolute Gasteiger partial charge is 0.325 e. The summed E-state index contributed by atoms with van der Waals surface area (Å²) < 4.78 is 5.07. The first kappa shape index (κ1) is 15.0. The van der Waals surface area contributed by atoms with Gasteiger partial charge in [-0.05, 0) is 26.3 Å². The van der Waals surface area contributed by atoms with E-state index in [0.29, 0.717) is 6.54 Å². The van der Waals surface area contributed by atoms with Gasteiger partial charge in [0.2, 0.25) is 0 Å². The van der Waals surface area contributed by atoms with Gasteiger partial charge < -0.3 is 15.4 Å². The second-order valence-electron chi connectivity index (χ2n) is 5.11. The maximum atomic E-state index is 11.5. The van der Waals surface area contributed by atoms with Crippen LogP contribution < -0.4 is 10.6 Å². The van der Waals surface area contributed by atoms with Crippen LogP contribution in [0.2, 0.25) is 0 Å². The van der Waals surface area contributed by atoms with Crippen molar-refractivity contribution in [3.63, 3.8) is 0 Å². The van der Waals surface area contributed by atoms with Crippen molar-refractivity contribution in [2.24, 2.45) is 0 Å². The van der Waals surface area contributed by atoms with E-state index in [9.17, 15) is 9.59 Å². The van der Waals surface area contributed by atoms with Crippen molar-refractivity contribution in [2.75, 3.05) is 6.54 Å². The third kappa shape index (κ3) is 7.08. The number of carbonyl (C=O) groups is 2. The van der Waals surface area contributed by atoms with E-state index in [1.54, 1.807) is 20.8 Å². The lowest BCUT2D eigenvalue weighted by atomic mass is 10.2. The third-order valence-electron chi connectivity index (χ3n) is 2.11. The fourth-order valence-corrected chi connectivity index (χ4v) is 1.37. The van der Waals surface area contributed by atoms with Gasteiger partial charge >= 0.3 is 12.0 Å². The monoisotopic (exact) mass is 264 g/mol. The molecule has 0 aliphatic carbocycles. The van der Waals surface area contributed by atoms with Gasteiger partial charge in [0.05, 0.1) is 0 Å². The lowest BCUT2D eigenvalue weighted by Gasteiger charge is -2.19. The van der Waals surface area contributed by atoms with Gasteiger partial charge in [0.15, 0.2) is 0 Å². The minimum Gasteiger partial charge on any atom is -0.459 e. The number of hydrogen-bond acceptors (Lipinski definition) is 3. The SMILES string of the molecule is CC(C)(C)OC(=O)CNC(=O)NCc1ccccc1. The van der Waals surface area contributed by atoms with Crippen LogP contribution in [0, 0.1) is 0 Å². The molecule has 0 aromatic heterocycles. The number of hydrogen-bond donors (Lipinski definition) is 2. The van der Waals surface area contributed by atoms with Crippen molar-refractivity contribution in [2.45, 2.75) is 32.9 Å². The Balaban J connectivity index is 2.23. The van der Waals surface area contributed by atoms with E-state index in [1.807, 2.05) is 30.3 Å². The number of ether oxygens (including phenoxy) is 1. The zero-order valence-corrected chi connectivity index (χ0v) is 11.5. The van der Waals surface area contributed by atoms with Crippen LogP contribution in [0.5, 0.6) is 0 Å². The van der Waals surface area contributed by atoms with E-state index in [-0.39, 0.29) is 6.54 Å². The predicted molar refractivity (Wildman–Crippen MR) is 72.5 cm³/mol. The molecule has 5 heteroatoms. The first-order valence-electron chi connectivity index (χ1n) is 6.14. The van der Waals surface area contributed by atoms with Gasteiger partial charge in [0.25, 0.3) is 0 Å². The Bertz CT molecular complexity index is 424. The molecule has 0 saturated carbocycles. The highest BCUT2D eigenvalue weighted by molar-refractivity contribution is 5.80. The van der Waals surface area contributed by atoms with Crippen LogP contribution in [0.3, 0.4) is 0 Å². The van der Waals surface area contributed by atoms with Gasteiger partial charge in [-0.2, -0.15) is 0 Å². The molecule has 104 valence electrons. The average Bonchev–Trinajstić information content (AvgIpc) is 2.33. The highest BCUT2D eigenvalue weighted by atomic mass is 16.6. The normalized spacial score (nSPS) is 10.7. The second kappa shape index (κ2) is 6.78. The molecule has 1 rings (SSSR count). The number of carbonyl (C=O) groups excluding carboxylic acids is 2. The molecular weight excluding hydrogens is 244 g/mol. The summed E-state index contributed by atoms with van der Waals surface area (Å²) in [6.07, 6.45) is 0. The highest BCUT2D eigenvalue weighted by Crippen LogP contribution is 2.06. The second-order valence-corrected chi connectivity index (χ2v) is 5.11. The molecule has 0 unspecified atom stereocenters. The topological polar surface area (TPSA) is 67.4 Å². The molecule has 0 saturated heterocycles. The van der Waals surface area contributed by atoms with E-state index < -0.39 is 17.6 Å². The lowest BCUT2D eigenvalue weighted by Crippen LogP contribution is -2.40. The van der Waals surface area contributed by atoms with Crippen molar-refractivity contribution >= 4 is 12.0 Å². The van der Waals surface area contributed by atoms with Crippen LogP contribution in [0.1, 0.15) is 26.3 Å². The molecule has 0 aliphatic heterocycles. The number of benzene rings is 1. The van der Waals surface area contributed by atoms with Crippen LogP contribution in [-0.4, -0.2) is 24.1 Å². The van der Waals surface area contributed by atoms with E-state index in [4.69, 9.17) is 4.74 Å². The van der Waals surface area contributed by atoms with Crippen molar-refractivity contribution in [1.82, 2.24) is 10.6 Å². The molecule has 0 spiro atoms. The first-order valence-corrected chi connectivity index (χ1v) is 6.14. The Morgan fingerprint density at radius 2 is 1.74 bits per heavy atom. The third-order valence-corrected chi connectivity index (χ3v) is 2.11. The Hall–Kier alpha value is -2.04. The van der Waals surface area contributed by atoms with E-state index >= 15 is 0 Å². The molecule has 19 heavy (non-hydrogen) atoms. The molecule has 0 atom stereocenters. The first-order chi connectivity index (χ1) is 8.87. The number of esters is 1. The Labute approximate surface area is 113 Å². The van der Waals surface area contributed by atoms with Gasteiger partial charge in [-0.3, -0.25) is 4.79 Å². The van der Waals surface area contributed by atoms with Gasteiger partial charge in [-0.1, -0.05) is 30.3 Å². The van der Waals surface area contributed by atoms with Gasteiger partial charge in [-0.25, -0.2) is 4.79 Å². The van der Waals surface area contributed by atoms with Crippen molar-refractivity contribution in [3.8, 4) is 0 Å². The number of urea groups is 1. The molecule has 5 nitrogen and oxygen atoms in total. The molecule has 0 fully saturated rings. The summed E-state index contributed by atoms with van der Waals surface area (Å²) in [4.78, 5) is 22.8. The number of nitrogens with one attached hydrogen (secondary N) is 2. The molecular formula is C14H20N2O3. The number of rotatable bonds is 4. The summed E-state index contributed by atoms with van der Waals surface area (Å²) in [5.74, 6) is -0.456. The predicted octanol–water partition coefficient (Wildman–Crippen LogP) is 1.83. The standard InChI is InChI=1S/C14H20N2O3/c1-14(2,3)19-12(17)10-16-13(18)15-9-11-7-5-4-6-8-11/h4-8H,9-10H2,1-3H3,(H2,15,16,18). The van der Waals surface area contributed by atoms with Crippen LogP contribution in [0.4, 0.5) is 4.79 Å². The molecule has 1 aromatic carbocycles. The van der Waals surface area contributed by atoms with Crippen molar-refractivity contribution < 1.29 is 14.3 Å². The summed E-state index contributed by atoms with van der Waals surface area (Å²) >= 11 is 0. The largest absolute Gasteiger partial charge is 0.459 e. The van der Waals surface area contributed by atoms with E-state index in [0.717, 1.165) is 5.56 Å². The summed E-state index contributed by atoms with van der Waals surface area (Å²) in [6, 6.07) is 9.13. The Morgan fingerprint density at radius 3 is 2.32 bits per heavy atom. The summed E-state index contributed by atoms with van der Waals surface area (Å²) in [6.45, 7) is 5.61. The maximum Gasteiger partial charge on any atom is 0.325 e. The zero-order chi connectivity index (χ0) is 14.3. The van der Waals surface area contributed by atoms with E-state index in [2.05, 4.69) is 10.6 Å². The number of amides is 2. The van der Waals surface area contributed by atoms with Gasteiger partial charge in [-0.15, -0.1) is 0 Å². The fourth-order valence-electron chi connectivity index (χ4n) is 1.37. The molecule has 1 aromatic rings. The molecule has 0 radical (unpaired) electrons. The molecule has 2 N–H and O–H groups in total. The summed E-state index contributed by atoms with van der Waals surface area (Å²) in [5, 5.41) is 5.11. The molecule has 0 heterocycles.